The standard InChI is InChI=1S/C21H16F3N3O2/c22-21(23,24)29-16-10-8-15(9-11-16)26-19-18-17(7-4-12-25-18)20(28)27(19)13-14-5-2-1-3-6-14/h1-12,19,26H,13H2/t19-/m0/s1. The number of aromatic nitrogens is 1. The minimum atomic E-state index is -4.75. The molecule has 1 atom stereocenters. The number of amides is 1. The van der Waals surface area contributed by atoms with Crippen molar-refractivity contribution < 1.29 is 22.7 Å². The van der Waals surface area contributed by atoms with Crippen LogP contribution in [0.3, 0.4) is 0 Å². The highest BCUT2D eigenvalue weighted by atomic mass is 19.4. The number of carbonyl (C=O) groups is 1. The Morgan fingerprint density at radius 1 is 1.00 bits per heavy atom. The second kappa shape index (κ2) is 7.46. The van der Waals surface area contributed by atoms with E-state index in [4.69, 9.17) is 0 Å². The number of benzene rings is 2. The summed E-state index contributed by atoms with van der Waals surface area (Å²) in [7, 11) is 0. The van der Waals surface area contributed by atoms with E-state index in [-0.39, 0.29) is 11.7 Å². The number of hydrogen-bond donors (Lipinski definition) is 1. The van der Waals surface area contributed by atoms with E-state index in [9.17, 15) is 18.0 Å². The molecule has 148 valence electrons. The zero-order chi connectivity index (χ0) is 20.4. The SMILES string of the molecule is O=C1c2cccnc2[C@@H](Nc2ccc(OC(F)(F)F)cc2)N1Cc1ccccc1. The monoisotopic (exact) mass is 399 g/mol. The number of anilines is 1. The molecule has 0 aliphatic carbocycles. The third kappa shape index (κ3) is 4.16. The Hall–Kier alpha value is -3.55. The molecule has 1 aromatic heterocycles. The minimum Gasteiger partial charge on any atom is -0.406 e. The number of ether oxygens (including phenoxy) is 1. The lowest BCUT2D eigenvalue weighted by Crippen LogP contribution is -2.32. The zero-order valence-corrected chi connectivity index (χ0v) is 15.1. The molecule has 29 heavy (non-hydrogen) atoms. The summed E-state index contributed by atoms with van der Waals surface area (Å²) in [5.41, 5.74) is 2.56. The van der Waals surface area contributed by atoms with Crippen molar-refractivity contribution in [2.45, 2.75) is 19.1 Å². The zero-order valence-electron chi connectivity index (χ0n) is 15.1. The van der Waals surface area contributed by atoms with Crippen LogP contribution < -0.4 is 10.1 Å². The maximum absolute atomic E-state index is 12.9. The van der Waals surface area contributed by atoms with Crippen LogP contribution in [0.4, 0.5) is 18.9 Å². The molecule has 8 heteroatoms. The summed E-state index contributed by atoms with van der Waals surface area (Å²) < 4.78 is 40.9. The number of fused-ring (bicyclic) bond motifs is 1. The number of nitrogens with zero attached hydrogens (tertiary/aromatic N) is 2. The number of rotatable bonds is 5. The van der Waals surface area contributed by atoms with Crippen molar-refractivity contribution in [3.63, 3.8) is 0 Å². The Labute approximate surface area is 164 Å². The maximum Gasteiger partial charge on any atom is 0.573 e. The van der Waals surface area contributed by atoms with Crippen molar-refractivity contribution in [2.24, 2.45) is 0 Å². The summed E-state index contributed by atoms with van der Waals surface area (Å²) in [5, 5.41) is 3.19. The van der Waals surface area contributed by atoms with Gasteiger partial charge in [0.15, 0.2) is 0 Å². The van der Waals surface area contributed by atoms with E-state index in [0.717, 1.165) is 5.56 Å². The molecular weight excluding hydrogens is 383 g/mol. The normalized spacial score (nSPS) is 15.9. The van der Waals surface area contributed by atoms with E-state index < -0.39 is 12.5 Å². The van der Waals surface area contributed by atoms with Crippen LogP contribution in [0.1, 0.15) is 27.8 Å². The molecular formula is C21H16F3N3O2. The molecule has 0 radical (unpaired) electrons. The van der Waals surface area contributed by atoms with Gasteiger partial charge >= 0.3 is 6.36 Å². The van der Waals surface area contributed by atoms with Crippen LogP contribution in [0.5, 0.6) is 5.75 Å². The Morgan fingerprint density at radius 3 is 2.41 bits per heavy atom. The smallest absolute Gasteiger partial charge is 0.406 e. The predicted molar refractivity (Wildman–Crippen MR) is 100 cm³/mol. The Balaban J connectivity index is 1.59. The van der Waals surface area contributed by atoms with Gasteiger partial charge in [-0.3, -0.25) is 9.78 Å². The van der Waals surface area contributed by atoms with E-state index >= 15 is 0 Å². The molecule has 0 fully saturated rings. The Bertz CT molecular complexity index is 1010. The molecule has 1 amide bonds. The van der Waals surface area contributed by atoms with E-state index in [2.05, 4.69) is 15.0 Å². The van der Waals surface area contributed by atoms with Crippen LogP contribution in [0.2, 0.25) is 0 Å². The Kier molecular flexibility index (Phi) is 4.84. The summed E-state index contributed by atoms with van der Waals surface area (Å²) in [5.74, 6) is -0.475. The molecule has 0 bridgehead atoms. The molecule has 4 rings (SSSR count). The van der Waals surface area contributed by atoms with Gasteiger partial charge in [-0.15, -0.1) is 13.2 Å². The van der Waals surface area contributed by atoms with E-state index in [0.29, 0.717) is 23.5 Å². The number of nitrogens with one attached hydrogen (secondary N) is 1. The predicted octanol–water partition coefficient (Wildman–Crippen LogP) is 4.75. The molecule has 1 aliphatic heterocycles. The van der Waals surface area contributed by atoms with Gasteiger partial charge in [0.05, 0.1) is 11.3 Å². The molecule has 1 N–H and O–H groups in total. The first-order valence-corrected chi connectivity index (χ1v) is 8.83. The van der Waals surface area contributed by atoms with Crippen molar-refractivity contribution >= 4 is 11.6 Å². The molecule has 3 aromatic rings. The van der Waals surface area contributed by atoms with Gasteiger partial charge in [-0.05, 0) is 42.0 Å². The van der Waals surface area contributed by atoms with E-state index in [1.165, 1.54) is 24.3 Å². The van der Waals surface area contributed by atoms with E-state index in [1.807, 2.05) is 30.3 Å². The molecule has 2 aromatic carbocycles. The molecule has 2 heterocycles. The third-order valence-electron chi connectivity index (χ3n) is 4.49. The first-order valence-electron chi connectivity index (χ1n) is 8.83. The van der Waals surface area contributed by atoms with Gasteiger partial charge < -0.3 is 15.0 Å². The molecule has 0 saturated carbocycles. The number of carbonyl (C=O) groups excluding carboxylic acids is 1. The second-order valence-corrected chi connectivity index (χ2v) is 6.47. The van der Waals surface area contributed by atoms with Gasteiger partial charge in [0, 0.05) is 18.4 Å². The largest absolute Gasteiger partial charge is 0.573 e. The van der Waals surface area contributed by atoms with Gasteiger partial charge in [0.2, 0.25) is 0 Å². The fourth-order valence-electron chi connectivity index (χ4n) is 3.24. The second-order valence-electron chi connectivity index (χ2n) is 6.47. The molecule has 0 unspecified atom stereocenters. The van der Waals surface area contributed by atoms with Gasteiger partial charge in [-0.1, -0.05) is 30.3 Å². The minimum absolute atomic E-state index is 0.161. The third-order valence-corrected chi connectivity index (χ3v) is 4.49. The average Bonchev–Trinajstić information content (AvgIpc) is 2.95. The first kappa shape index (κ1) is 18.8. The lowest BCUT2D eigenvalue weighted by molar-refractivity contribution is -0.274. The van der Waals surface area contributed by atoms with Gasteiger partial charge in [-0.25, -0.2) is 0 Å². The quantitative estimate of drug-likeness (QED) is 0.673. The summed E-state index contributed by atoms with van der Waals surface area (Å²) in [6.45, 7) is 0.364. The van der Waals surface area contributed by atoms with Crippen molar-refractivity contribution in [3.8, 4) is 5.75 Å². The van der Waals surface area contributed by atoms with Crippen molar-refractivity contribution in [1.29, 1.82) is 0 Å². The number of hydrogen-bond acceptors (Lipinski definition) is 4. The average molecular weight is 399 g/mol. The van der Waals surface area contributed by atoms with Crippen LogP contribution in [0, 0.1) is 0 Å². The number of pyridine rings is 1. The molecule has 5 nitrogen and oxygen atoms in total. The maximum atomic E-state index is 12.9. The van der Waals surface area contributed by atoms with Crippen molar-refractivity contribution in [3.05, 3.63) is 89.7 Å². The summed E-state index contributed by atoms with van der Waals surface area (Å²) >= 11 is 0. The fourth-order valence-corrected chi connectivity index (χ4v) is 3.24. The summed E-state index contributed by atoms with van der Waals surface area (Å²) in [4.78, 5) is 18.9. The van der Waals surface area contributed by atoms with Crippen LogP contribution in [-0.4, -0.2) is 22.2 Å². The summed E-state index contributed by atoms with van der Waals surface area (Å²) in [6, 6.07) is 18.3. The van der Waals surface area contributed by atoms with Crippen molar-refractivity contribution in [1.82, 2.24) is 9.88 Å². The lowest BCUT2D eigenvalue weighted by atomic mass is 10.2. The van der Waals surface area contributed by atoms with Gasteiger partial charge in [-0.2, -0.15) is 0 Å². The molecule has 0 saturated heterocycles. The lowest BCUT2D eigenvalue weighted by Gasteiger charge is -2.26. The highest BCUT2D eigenvalue weighted by Gasteiger charge is 2.38. The number of halogens is 3. The summed E-state index contributed by atoms with van der Waals surface area (Å²) in [6.07, 6.45) is -3.69. The highest BCUT2D eigenvalue weighted by molar-refractivity contribution is 5.98. The number of alkyl halides is 3. The van der Waals surface area contributed by atoms with Gasteiger partial charge in [0.1, 0.15) is 11.9 Å². The molecule has 0 spiro atoms. The van der Waals surface area contributed by atoms with E-state index in [1.54, 1.807) is 23.2 Å². The molecule has 1 aliphatic rings. The van der Waals surface area contributed by atoms with Gasteiger partial charge in [0.25, 0.3) is 5.91 Å². The van der Waals surface area contributed by atoms with Crippen LogP contribution in [-0.2, 0) is 6.54 Å². The highest BCUT2D eigenvalue weighted by Crippen LogP contribution is 2.34. The van der Waals surface area contributed by atoms with Crippen molar-refractivity contribution in [2.75, 3.05) is 5.32 Å². The van der Waals surface area contributed by atoms with Crippen LogP contribution in [0.15, 0.2) is 72.9 Å². The topological polar surface area (TPSA) is 54.5 Å². The fraction of sp³-hybridized carbons (Fsp3) is 0.143. The van der Waals surface area contributed by atoms with Crippen LogP contribution >= 0.6 is 0 Å². The first-order chi connectivity index (χ1) is 13.9. The Morgan fingerprint density at radius 2 is 1.72 bits per heavy atom. The van der Waals surface area contributed by atoms with Crippen LogP contribution in [0.25, 0.3) is 0 Å².